The third-order valence-electron chi connectivity index (χ3n) is 3.93. The van der Waals surface area contributed by atoms with Gasteiger partial charge in [0, 0.05) is 33.5 Å². The van der Waals surface area contributed by atoms with Gasteiger partial charge in [0.1, 0.15) is 11.6 Å². The summed E-state index contributed by atoms with van der Waals surface area (Å²) in [5.41, 5.74) is -0.255. The lowest BCUT2D eigenvalue weighted by molar-refractivity contribution is -0.115. The molecule has 0 fully saturated rings. The Bertz CT molecular complexity index is 781. The number of nitrogens with zero attached hydrogens (tertiary/aromatic N) is 1. The van der Waals surface area contributed by atoms with Gasteiger partial charge in [-0.1, -0.05) is 26.8 Å². The molecule has 1 amide bonds. The number of carbonyl (C=O) groups is 1. The van der Waals surface area contributed by atoms with Crippen molar-refractivity contribution < 1.29 is 13.6 Å². The molecule has 0 aliphatic rings. The van der Waals surface area contributed by atoms with Crippen LogP contribution in [-0.2, 0) is 16.6 Å². The molecule has 0 atom stereocenters. The number of aromatic nitrogens is 1. The van der Waals surface area contributed by atoms with Gasteiger partial charge in [-0.2, -0.15) is 0 Å². The third-order valence-corrected chi connectivity index (χ3v) is 4.79. The lowest BCUT2D eigenvalue weighted by Gasteiger charge is -2.22. The van der Waals surface area contributed by atoms with E-state index in [1.165, 1.54) is 6.08 Å². The molecule has 2 rings (SSSR count). The number of anilines is 1. The third kappa shape index (κ3) is 4.91. The molecule has 2 aromatic rings. The number of halogens is 2. The summed E-state index contributed by atoms with van der Waals surface area (Å²) in [5, 5.41) is 2.52. The second-order valence-corrected chi connectivity index (χ2v) is 7.72. The summed E-state index contributed by atoms with van der Waals surface area (Å²) >= 11 is 1.66. The average molecular weight is 376 g/mol. The SMILES string of the molecule is C=CC(C)(C)c1c(F)cc(NC(=O)Cc2ccc(SCC)cn2)cc1F. The molecule has 1 N–H and O–H groups in total. The predicted octanol–water partition coefficient (Wildman–Crippen LogP) is 5.12. The number of benzene rings is 1. The number of rotatable bonds is 7. The summed E-state index contributed by atoms with van der Waals surface area (Å²) in [7, 11) is 0. The second kappa shape index (κ2) is 8.45. The fraction of sp³-hybridized carbons (Fsp3) is 0.300. The molecule has 0 spiro atoms. The fourth-order valence-corrected chi connectivity index (χ4v) is 3.12. The van der Waals surface area contributed by atoms with Crippen LogP contribution < -0.4 is 5.32 Å². The van der Waals surface area contributed by atoms with Gasteiger partial charge < -0.3 is 5.32 Å². The largest absolute Gasteiger partial charge is 0.326 e. The number of carbonyl (C=O) groups excluding carboxylic acids is 1. The smallest absolute Gasteiger partial charge is 0.230 e. The van der Waals surface area contributed by atoms with Crippen LogP contribution in [0.25, 0.3) is 0 Å². The zero-order chi connectivity index (χ0) is 19.3. The van der Waals surface area contributed by atoms with Crippen molar-refractivity contribution in [3.8, 4) is 0 Å². The van der Waals surface area contributed by atoms with Gasteiger partial charge in [-0.05, 0) is 30.0 Å². The van der Waals surface area contributed by atoms with Crippen LogP contribution in [0.2, 0.25) is 0 Å². The summed E-state index contributed by atoms with van der Waals surface area (Å²) in [6.07, 6.45) is 3.22. The first-order valence-corrected chi connectivity index (χ1v) is 9.26. The normalized spacial score (nSPS) is 11.3. The van der Waals surface area contributed by atoms with Crippen molar-refractivity contribution in [1.82, 2.24) is 4.98 Å². The molecule has 1 aromatic heterocycles. The predicted molar refractivity (Wildman–Crippen MR) is 103 cm³/mol. The van der Waals surface area contributed by atoms with Crippen molar-refractivity contribution in [1.29, 1.82) is 0 Å². The van der Waals surface area contributed by atoms with Crippen molar-refractivity contribution in [3.63, 3.8) is 0 Å². The van der Waals surface area contributed by atoms with Crippen LogP contribution in [0, 0.1) is 11.6 Å². The van der Waals surface area contributed by atoms with Gasteiger partial charge in [0.25, 0.3) is 0 Å². The van der Waals surface area contributed by atoms with E-state index in [0.717, 1.165) is 22.8 Å². The van der Waals surface area contributed by atoms with Crippen LogP contribution in [0.5, 0.6) is 0 Å². The van der Waals surface area contributed by atoms with E-state index in [4.69, 9.17) is 0 Å². The van der Waals surface area contributed by atoms with Crippen LogP contribution >= 0.6 is 11.8 Å². The van der Waals surface area contributed by atoms with E-state index in [1.54, 1.807) is 37.9 Å². The Balaban J connectivity index is 2.10. The highest BCUT2D eigenvalue weighted by Gasteiger charge is 2.25. The number of allylic oxidation sites excluding steroid dienone is 1. The second-order valence-electron chi connectivity index (χ2n) is 6.38. The van der Waals surface area contributed by atoms with Crippen molar-refractivity contribution in [2.75, 3.05) is 11.1 Å². The lowest BCUT2D eigenvalue weighted by atomic mass is 9.84. The maximum absolute atomic E-state index is 14.3. The van der Waals surface area contributed by atoms with Crippen LogP contribution in [0.15, 0.2) is 48.0 Å². The number of pyridine rings is 1. The molecule has 0 unspecified atom stereocenters. The van der Waals surface area contributed by atoms with E-state index >= 15 is 0 Å². The molecule has 0 saturated heterocycles. The fourth-order valence-electron chi connectivity index (χ4n) is 2.50. The number of thioether (sulfide) groups is 1. The van der Waals surface area contributed by atoms with Crippen LogP contribution in [0.3, 0.4) is 0 Å². The Labute approximate surface area is 156 Å². The number of hydrogen-bond donors (Lipinski definition) is 1. The maximum atomic E-state index is 14.3. The topological polar surface area (TPSA) is 42.0 Å². The standard InChI is InChI=1S/C20H22F2N2OS/c1-5-20(3,4)19-16(21)9-14(10-17(19)22)24-18(25)11-13-7-8-15(12-23-13)26-6-2/h5,7-10,12H,1,6,11H2,2-4H3,(H,24,25). The monoisotopic (exact) mass is 376 g/mol. The van der Waals surface area contributed by atoms with Gasteiger partial charge in [0.05, 0.1) is 6.42 Å². The van der Waals surface area contributed by atoms with Gasteiger partial charge >= 0.3 is 0 Å². The highest BCUT2D eigenvalue weighted by molar-refractivity contribution is 7.99. The minimum atomic E-state index is -0.848. The Hall–Kier alpha value is -2.21. The Kier molecular flexibility index (Phi) is 6.53. The van der Waals surface area contributed by atoms with Crippen LogP contribution in [0.1, 0.15) is 32.0 Å². The molecule has 138 valence electrons. The molecule has 0 radical (unpaired) electrons. The van der Waals surface area contributed by atoms with Crippen molar-refractivity contribution in [2.24, 2.45) is 0 Å². The summed E-state index contributed by atoms with van der Waals surface area (Å²) in [5.74, 6) is -0.881. The van der Waals surface area contributed by atoms with E-state index in [9.17, 15) is 13.6 Å². The summed E-state index contributed by atoms with van der Waals surface area (Å²) in [4.78, 5) is 17.4. The molecule has 1 aromatic carbocycles. The first-order valence-electron chi connectivity index (χ1n) is 8.27. The Morgan fingerprint density at radius 3 is 2.46 bits per heavy atom. The number of amides is 1. The first-order chi connectivity index (χ1) is 12.3. The number of nitrogens with one attached hydrogen (secondary N) is 1. The van der Waals surface area contributed by atoms with E-state index in [2.05, 4.69) is 16.9 Å². The minimum Gasteiger partial charge on any atom is -0.326 e. The molecule has 0 aliphatic carbocycles. The molecule has 0 bridgehead atoms. The van der Waals surface area contributed by atoms with Crippen molar-refractivity contribution >= 4 is 23.4 Å². The molecule has 1 heterocycles. The molecule has 3 nitrogen and oxygen atoms in total. The molecule has 0 saturated carbocycles. The maximum Gasteiger partial charge on any atom is 0.230 e. The van der Waals surface area contributed by atoms with Crippen LogP contribution in [-0.4, -0.2) is 16.6 Å². The Morgan fingerprint density at radius 1 is 1.31 bits per heavy atom. The van der Waals surface area contributed by atoms with E-state index in [1.807, 2.05) is 13.0 Å². The zero-order valence-electron chi connectivity index (χ0n) is 15.1. The first kappa shape index (κ1) is 20.1. The average Bonchev–Trinajstić information content (AvgIpc) is 2.56. The van der Waals surface area contributed by atoms with Gasteiger partial charge in [-0.15, -0.1) is 18.3 Å². The molecule has 0 aliphatic heterocycles. The summed E-state index contributed by atoms with van der Waals surface area (Å²) in [6, 6.07) is 5.91. The van der Waals surface area contributed by atoms with Crippen molar-refractivity contribution in [3.05, 3.63) is 66.0 Å². The molecular weight excluding hydrogens is 354 g/mol. The molecular formula is C20H22F2N2OS. The quantitative estimate of drug-likeness (QED) is 0.539. The van der Waals surface area contributed by atoms with E-state index in [-0.39, 0.29) is 23.6 Å². The lowest BCUT2D eigenvalue weighted by Crippen LogP contribution is -2.19. The van der Waals surface area contributed by atoms with E-state index in [0.29, 0.717) is 5.69 Å². The molecule has 6 heteroatoms. The van der Waals surface area contributed by atoms with E-state index < -0.39 is 17.0 Å². The zero-order valence-corrected chi connectivity index (χ0v) is 15.9. The van der Waals surface area contributed by atoms with Gasteiger partial charge in [-0.3, -0.25) is 9.78 Å². The highest BCUT2D eigenvalue weighted by Crippen LogP contribution is 2.31. The summed E-state index contributed by atoms with van der Waals surface area (Å²) in [6.45, 7) is 9.01. The van der Waals surface area contributed by atoms with Gasteiger partial charge in [0.15, 0.2) is 0 Å². The minimum absolute atomic E-state index is 0.0280. The van der Waals surface area contributed by atoms with Crippen molar-refractivity contribution in [2.45, 2.75) is 37.5 Å². The van der Waals surface area contributed by atoms with Crippen LogP contribution in [0.4, 0.5) is 14.5 Å². The Morgan fingerprint density at radius 2 is 1.96 bits per heavy atom. The molecule has 26 heavy (non-hydrogen) atoms. The van der Waals surface area contributed by atoms with Gasteiger partial charge in [0.2, 0.25) is 5.91 Å². The highest BCUT2D eigenvalue weighted by atomic mass is 32.2. The van der Waals surface area contributed by atoms with Gasteiger partial charge in [-0.25, -0.2) is 8.78 Å². The number of hydrogen-bond acceptors (Lipinski definition) is 3. The summed E-state index contributed by atoms with van der Waals surface area (Å²) < 4.78 is 28.7.